The maximum Gasteiger partial charge on any atom is 0.317 e. The van der Waals surface area contributed by atoms with Crippen molar-refractivity contribution in [1.29, 1.82) is 0 Å². The van der Waals surface area contributed by atoms with Crippen LogP contribution in [0.25, 0.3) is 0 Å². The molecule has 0 bridgehead atoms. The predicted octanol–water partition coefficient (Wildman–Crippen LogP) is 4.30. The monoisotopic (exact) mass is 452 g/mol. The van der Waals surface area contributed by atoms with Crippen LogP contribution >= 0.6 is 0 Å². The largest absolute Gasteiger partial charge is 0.468 e. The Bertz CT molecular complexity index is 933. The van der Waals surface area contributed by atoms with Gasteiger partial charge in [0.05, 0.1) is 13.7 Å². The predicted molar refractivity (Wildman–Crippen MR) is 126 cm³/mol. The number of carbonyl (C=O) groups is 3. The van der Waals surface area contributed by atoms with Crippen LogP contribution in [-0.2, 0) is 25.7 Å². The van der Waals surface area contributed by atoms with E-state index in [-0.39, 0.29) is 29.6 Å². The van der Waals surface area contributed by atoms with E-state index in [0.717, 1.165) is 50.0 Å². The van der Waals surface area contributed by atoms with E-state index in [1.807, 2.05) is 35.2 Å². The van der Waals surface area contributed by atoms with Crippen molar-refractivity contribution in [3.8, 4) is 0 Å². The average Bonchev–Trinajstić information content (AvgIpc) is 2.81. The molecular formula is C27H36N2O4. The van der Waals surface area contributed by atoms with Crippen LogP contribution in [-0.4, -0.2) is 47.8 Å². The zero-order valence-corrected chi connectivity index (χ0v) is 20.1. The van der Waals surface area contributed by atoms with Crippen molar-refractivity contribution < 1.29 is 19.1 Å². The number of fused-ring (bicyclic) bond motifs is 1. The Morgan fingerprint density at radius 3 is 2.45 bits per heavy atom. The van der Waals surface area contributed by atoms with E-state index >= 15 is 0 Å². The Hall–Kier alpha value is -2.63. The van der Waals surface area contributed by atoms with Crippen LogP contribution in [0.2, 0.25) is 0 Å². The van der Waals surface area contributed by atoms with E-state index in [1.165, 1.54) is 7.11 Å². The Morgan fingerprint density at radius 1 is 1.09 bits per heavy atom. The van der Waals surface area contributed by atoms with E-state index in [4.69, 9.17) is 4.74 Å². The van der Waals surface area contributed by atoms with Gasteiger partial charge in [0, 0.05) is 31.1 Å². The van der Waals surface area contributed by atoms with Gasteiger partial charge in [-0.1, -0.05) is 50.3 Å². The normalized spacial score (nSPS) is 26.9. The molecule has 1 aliphatic carbocycles. The fourth-order valence-electron chi connectivity index (χ4n) is 5.97. The summed E-state index contributed by atoms with van der Waals surface area (Å²) in [6, 6.07) is 9.83. The first-order valence-electron chi connectivity index (χ1n) is 12.2. The molecule has 6 heteroatoms. The summed E-state index contributed by atoms with van der Waals surface area (Å²) < 4.78 is 5.33. The first-order chi connectivity index (χ1) is 15.8. The number of hydrogen-bond donors (Lipinski definition) is 0. The molecule has 1 aromatic carbocycles. The lowest BCUT2D eigenvalue weighted by Crippen LogP contribution is -2.55. The van der Waals surface area contributed by atoms with Gasteiger partial charge in [0.15, 0.2) is 0 Å². The number of esters is 1. The molecule has 0 saturated carbocycles. The highest BCUT2D eigenvalue weighted by Gasteiger charge is 2.57. The van der Waals surface area contributed by atoms with Gasteiger partial charge in [-0.15, -0.1) is 0 Å². The summed E-state index contributed by atoms with van der Waals surface area (Å²) in [5, 5.41) is 0. The lowest BCUT2D eigenvalue weighted by Gasteiger charge is -2.51. The Morgan fingerprint density at radius 2 is 1.79 bits per heavy atom. The molecule has 4 rings (SSSR count). The molecule has 178 valence electrons. The van der Waals surface area contributed by atoms with Crippen LogP contribution in [0.1, 0.15) is 64.4 Å². The number of benzene rings is 1. The summed E-state index contributed by atoms with van der Waals surface area (Å²) in [5.74, 6) is -0.874. The molecule has 2 atom stereocenters. The maximum absolute atomic E-state index is 13.8. The van der Waals surface area contributed by atoms with E-state index in [1.54, 1.807) is 4.90 Å². The fourth-order valence-corrected chi connectivity index (χ4v) is 5.97. The lowest BCUT2D eigenvalue weighted by molar-refractivity contribution is -0.163. The number of ether oxygens (including phenoxy) is 1. The van der Waals surface area contributed by atoms with Crippen molar-refractivity contribution in [2.75, 3.05) is 20.2 Å². The second-order valence-corrected chi connectivity index (χ2v) is 10.7. The van der Waals surface area contributed by atoms with Crippen molar-refractivity contribution >= 4 is 17.8 Å². The lowest BCUT2D eigenvalue weighted by atomic mass is 9.59. The second kappa shape index (κ2) is 9.32. The summed E-state index contributed by atoms with van der Waals surface area (Å²) in [4.78, 5) is 43.9. The summed E-state index contributed by atoms with van der Waals surface area (Å²) in [6.07, 6.45) is 7.10. The molecule has 0 unspecified atom stereocenters. The Labute approximate surface area is 197 Å². The number of piperidine rings is 2. The molecule has 33 heavy (non-hydrogen) atoms. The van der Waals surface area contributed by atoms with E-state index in [2.05, 4.69) is 19.9 Å². The van der Waals surface area contributed by atoms with Crippen LogP contribution < -0.4 is 0 Å². The molecule has 0 aromatic heterocycles. The SMILES string of the molecule is COC(=O)[C@@]12C[C@@H](CC(=O)N3CCCCC3)C(=O)N(Cc3ccccc3)C1=CCC(C)(C)C2. The van der Waals surface area contributed by atoms with Gasteiger partial charge in [-0.3, -0.25) is 14.4 Å². The van der Waals surface area contributed by atoms with Gasteiger partial charge in [0.25, 0.3) is 0 Å². The van der Waals surface area contributed by atoms with Gasteiger partial charge >= 0.3 is 5.97 Å². The number of allylic oxidation sites excluding steroid dienone is 1. The Balaban J connectivity index is 1.70. The number of hydrogen-bond acceptors (Lipinski definition) is 4. The minimum atomic E-state index is -0.911. The first-order valence-corrected chi connectivity index (χ1v) is 12.2. The summed E-state index contributed by atoms with van der Waals surface area (Å²) in [6.45, 7) is 6.20. The van der Waals surface area contributed by atoms with Crippen LogP contribution in [0.5, 0.6) is 0 Å². The standard InChI is InChI=1S/C27H36N2O4/c1-26(2)13-12-22-27(19-26,25(32)33-3)17-21(16-23(30)28-14-8-5-9-15-28)24(31)29(22)18-20-10-6-4-7-11-20/h4,6-7,10-12,21H,5,8-9,13-19H2,1-3H3/t21-,27-/m1/s1. The zero-order chi connectivity index (χ0) is 23.6. The minimum absolute atomic E-state index is 0.0234. The highest BCUT2D eigenvalue weighted by atomic mass is 16.5. The highest BCUT2D eigenvalue weighted by Crippen LogP contribution is 2.55. The van der Waals surface area contributed by atoms with Crippen molar-refractivity contribution in [2.24, 2.45) is 16.7 Å². The quantitative estimate of drug-likeness (QED) is 0.625. The molecule has 2 aliphatic heterocycles. The third kappa shape index (κ3) is 4.71. The fraction of sp³-hybridized carbons (Fsp3) is 0.593. The Kier molecular flexibility index (Phi) is 6.64. The molecule has 2 heterocycles. The smallest absolute Gasteiger partial charge is 0.317 e. The van der Waals surface area contributed by atoms with Gasteiger partial charge in [-0.25, -0.2) is 0 Å². The van der Waals surface area contributed by atoms with Crippen LogP contribution in [0.3, 0.4) is 0 Å². The van der Waals surface area contributed by atoms with E-state index in [0.29, 0.717) is 19.4 Å². The molecule has 6 nitrogen and oxygen atoms in total. The second-order valence-electron chi connectivity index (χ2n) is 10.7. The average molecular weight is 453 g/mol. The maximum atomic E-state index is 13.8. The number of amides is 2. The van der Waals surface area contributed by atoms with Crippen LogP contribution in [0, 0.1) is 16.7 Å². The summed E-state index contributed by atoms with van der Waals surface area (Å²) in [5.41, 5.74) is 0.742. The highest BCUT2D eigenvalue weighted by molar-refractivity contribution is 5.92. The molecular weight excluding hydrogens is 416 g/mol. The molecule has 1 aromatic rings. The number of methoxy groups -OCH3 is 1. The minimum Gasteiger partial charge on any atom is -0.468 e. The summed E-state index contributed by atoms with van der Waals surface area (Å²) in [7, 11) is 1.42. The number of likely N-dealkylation sites (tertiary alicyclic amines) is 2. The number of carbonyl (C=O) groups excluding carboxylic acids is 3. The number of nitrogens with zero attached hydrogens (tertiary/aromatic N) is 2. The topological polar surface area (TPSA) is 66.9 Å². The third-order valence-corrected chi connectivity index (χ3v) is 7.51. The van der Waals surface area contributed by atoms with Crippen LogP contribution in [0.4, 0.5) is 0 Å². The van der Waals surface area contributed by atoms with E-state index in [9.17, 15) is 14.4 Å². The van der Waals surface area contributed by atoms with Gasteiger partial charge in [-0.05, 0) is 49.5 Å². The summed E-state index contributed by atoms with van der Waals surface area (Å²) >= 11 is 0. The molecule has 3 aliphatic rings. The molecule has 2 amide bonds. The van der Waals surface area contributed by atoms with Gasteiger partial charge in [0.1, 0.15) is 5.41 Å². The van der Waals surface area contributed by atoms with Crippen molar-refractivity contribution in [3.63, 3.8) is 0 Å². The molecule has 0 spiro atoms. The van der Waals surface area contributed by atoms with Crippen LogP contribution in [0.15, 0.2) is 42.1 Å². The molecule has 0 N–H and O–H groups in total. The van der Waals surface area contributed by atoms with E-state index < -0.39 is 11.3 Å². The van der Waals surface area contributed by atoms with Gasteiger partial charge < -0.3 is 14.5 Å². The van der Waals surface area contributed by atoms with Crippen molar-refractivity contribution in [1.82, 2.24) is 9.80 Å². The molecule has 0 radical (unpaired) electrons. The molecule has 2 saturated heterocycles. The van der Waals surface area contributed by atoms with Crippen molar-refractivity contribution in [3.05, 3.63) is 47.7 Å². The first kappa shape index (κ1) is 23.5. The third-order valence-electron chi connectivity index (χ3n) is 7.51. The zero-order valence-electron chi connectivity index (χ0n) is 20.1. The van der Waals surface area contributed by atoms with Gasteiger partial charge in [0.2, 0.25) is 11.8 Å². The molecule has 2 fully saturated rings. The van der Waals surface area contributed by atoms with Crippen molar-refractivity contribution in [2.45, 2.75) is 65.3 Å². The van der Waals surface area contributed by atoms with Gasteiger partial charge in [-0.2, -0.15) is 0 Å². The number of rotatable bonds is 5.